The van der Waals surface area contributed by atoms with Crippen molar-refractivity contribution in [3.63, 3.8) is 0 Å². The Balaban J connectivity index is 1.94. The minimum atomic E-state index is -0.433. The first-order valence-electron chi connectivity index (χ1n) is 6.10. The van der Waals surface area contributed by atoms with Crippen LogP contribution in [0.2, 0.25) is 0 Å². The zero-order valence-electron chi connectivity index (χ0n) is 10.6. The molecule has 0 spiro atoms. The van der Waals surface area contributed by atoms with Crippen molar-refractivity contribution >= 4 is 5.91 Å². The van der Waals surface area contributed by atoms with E-state index in [0.717, 1.165) is 18.6 Å². The average Bonchev–Trinajstić information content (AvgIpc) is 3.07. The quantitative estimate of drug-likeness (QED) is 0.867. The maximum Gasteiger partial charge on any atom is 0.260 e. The number of rotatable bonds is 4. The van der Waals surface area contributed by atoms with E-state index in [1.807, 2.05) is 25.1 Å². The van der Waals surface area contributed by atoms with Gasteiger partial charge in [-0.1, -0.05) is 6.07 Å². The molecule has 0 heterocycles. The van der Waals surface area contributed by atoms with E-state index in [1.54, 1.807) is 6.92 Å². The molecule has 0 aromatic heterocycles. The minimum Gasteiger partial charge on any atom is -0.481 e. The van der Waals surface area contributed by atoms with Crippen LogP contribution in [0.4, 0.5) is 0 Å². The predicted molar refractivity (Wildman–Crippen MR) is 67.2 cm³/mol. The second-order valence-electron chi connectivity index (χ2n) is 4.79. The molecule has 1 amide bonds. The van der Waals surface area contributed by atoms with Gasteiger partial charge in [0.1, 0.15) is 5.75 Å². The fourth-order valence-corrected chi connectivity index (χ4v) is 1.59. The Hall–Kier alpha value is -1.51. The van der Waals surface area contributed by atoms with Crippen LogP contribution in [0, 0.1) is 13.8 Å². The molecule has 1 aromatic carbocycles. The van der Waals surface area contributed by atoms with Gasteiger partial charge in [0.2, 0.25) is 0 Å². The lowest BCUT2D eigenvalue weighted by Gasteiger charge is -2.15. The lowest BCUT2D eigenvalue weighted by molar-refractivity contribution is -0.127. The fourth-order valence-electron chi connectivity index (χ4n) is 1.59. The van der Waals surface area contributed by atoms with Gasteiger partial charge in [-0.25, -0.2) is 0 Å². The molecular weight excluding hydrogens is 214 g/mol. The summed E-state index contributed by atoms with van der Waals surface area (Å²) >= 11 is 0. The highest BCUT2D eigenvalue weighted by atomic mass is 16.5. The van der Waals surface area contributed by atoms with Gasteiger partial charge in [-0.15, -0.1) is 0 Å². The lowest BCUT2D eigenvalue weighted by atomic mass is 10.1. The van der Waals surface area contributed by atoms with Gasteiger partial charge in [0.15, 0.2) is 6.10 Å². The summed E-state index contributed by atoms with van der Waals surface area (Å²) in [6, 6.07) is 6.27. The van der Waals surface area contributed by atoms with Crippen molar-refractivity contribution in [2.45, 2.75) is 45.8 Å². The molecule has 1 N–H and O–H groups in total. The second kappa shape index (κ2) is 4.78. The molecule has 0 bridgehead atoms. The standard InChI is InChI=1S/C14H19NO2/c1-9-4-7-13(8-10(9)2)17-11(3)14(16)15-12-5-6-12/h4,7-8,11-12H,5-6H2,1-3H3,(H,15,16)/t11-/m0/s1. The van der Waals surface area contributed by atoms with E-state index < -0.39 is 6.10 Å². The highest BCUT2D eigenvalue weighted by molar-refractivity contribution is 5.81. The van der Waals surface area contributed by atoms with E-state index in [1.165, 1.54) is 11.1 Å². The van der Waals surface area contributed by atoms with E-state index in [0.29, 0.717) is 6.04 Å². The van der Waals surface area contributed by atoms with E-state index in [2.05, 4.69) is 12.2 Å². The van der Waals surface area contributed by atoms with Gasteiger partial charge in [0, 0.05) is 6.04 Å². The van der Waals surface area contributed by atoms with Crippen LogP contribution in [0.1, 0.15) is 30.9 Å². The van der Waals surface area contributed by atoms with Crippen LogP contribution >= 0.6 is 0 Å². The van der Waals surface area contributed by atoms with Crippen molar-refractivity contribution in [2.75, 3.05) is 0 Å². The van der Waals surface area contributed by atoms with Crippen LogP contribution in [0.25, 0.3) is 0 Å². The number of hydrogen-bond donors (Lipinski definition) is 1. The molecule has 3 heteroatoms. The van der Waals surface area contributed by atoms with Gasteiger partial charge in [0.05, 0.1) is 0 Å². The molecule has 2 rings (SSSR count). The van der Waals surface area contributed by atoms with E-state index in [-0.39, 0.29) is 5.91 Å². The van der Waals surface area contributed by atoms with Crippen molar-refractivity contribution in [1.82, 2.24) is 5.32 Å². The van der Waals surface area contributed by atoms with Crippen LogP contribution in [-0.2, 0) is 4.79 Å². The average molecular weight is 233 g/mol. The van der Waals surface area contributed by atoms with Gasteiger partial charge >= 0.3 is 0 Å². The number of benzene rings is 1. The van der Waals surface area contributed by atoms with Crippen LogP contribution in [0.3, 0.4) is 0 Å². The van der Waals surface area contributed by atoms with Gasteiger partial charge in [-0.3, -0.25) is 4.79 Å². The molecule has 0 radical (unpaired) electrons. The molecule has 1 atom stereocenters. The highest BCUT2D eigenvalue weighted by Gasteiger charge is 2.26. The summed E-state index contributed by atoms with van der Waals surface area (Å²) in [5.74, 6) is 0.734. The molecule has 92 valence electrons. The summed E-state index contributed by atoms with van der Waals surface area (Å²) in [6.45, 7) is 5.88. The Morgan fingerprint density at radius 1 is 1.35 bits per heavy atom. The number of carbonyl (C=O) groups is 1. The van der Waals surface area contributed by atoms with Gasteiger partial charge in [-0.05, 0) is 56.9 Å². The van der Waals surface area contributed by atoms with Gasteiger partial charge < -0.3 is 10.1 Å². The molecule has 1 aliphatic rings. The molecule has 1 aromatic rings. The minimum absolute atomic E-state index is 0.0225. The first kappa shape index (κ1) is 12.0. The van der Waals surface area contributed by atoms with Crippen LogP contribution in [0.15, 0.2) is 18.2 Å². The smallest absolute Gasteiger partial charge is 0.260 e. The van der Waals surface area contributed by atoms with Crippen molar-refractivity contribution in [2.24, 2.45) is 0 Å². The first-order valence-corrected chi connectivity index (χ1v) is 6.10. The Morgan fingerprint density at radius 2 is 2.06 bits per heavy atom. The van der Waals surface area contributed by atoms with Crippen molar-refractivity contribution in [3.8, 4) is 5.75 Å². The third-order valence-electron chi connectivity index (χ3n) is 3.08. The summed E-state index contributed by atoms with van der Waals surface area (Å²) in [7, 11) is 0. The summed E-state index contributed by atoms with van der Waals surface area (Å²) in [6.07, 6.45) is 1.77. The number of carbonyl (C=O) groups excluding carboxylic acids is 1. The van der Waals surface area contributed by atoms with E-state index in [4.69, 9.17) is 4.74 Å². The first-order chi connectivity index (χ1) is 8.06. The molecule has 1 saturated carbocycles. The number of amides is 1. The van der Waals surface area contributed by atoms with Crippen molar-refractivity contribution in [1.29, 1.82) is 0 Å². The number of hydrogen-bond acceptors (Lipinski definition) is 2. The van der Waals surface area contributed by atoms with Gasteiger partial charge in [-0.2, -0.15) is 0 Å². The summed E-state index contributed by atoms with van der Waals surface area (Å²) in [5, 5.41) is 2.94. The summed E-state index contributed by atoms with van der Waals surface area (Å²) in [5.41, 5.74) is 2.41. The topological polar surface area (TPSA) is 38.3 Å². The fraction of sp³-hybridized carbons (Fsp3) is 0.500. The Labute approximate surface area is 102 Å². The van der Waals surface area contributed by atoms with Crippen LogP contribution < -0.4 is 10.1 Å². The summed E-state index contributed by atoms with van der Waals surface area (Å²) < 4.78 is 5.63. The third kappa shape index (κ3) is 3.22. The Bertz CT molecular complexity index is 424. The third-order valence-corrected chi connectivity index (χ3v) is 3.08. The van der Waals surface area contributed by atoms with E-state index in [9.17, 15) is 4.79 Å². The predicted octanol–water partition coefficient (Wildman–Crippen LogP) is 2.35. The van der Waals surface area contributed by atoms with Crippen molar-refractivity contribution < 1.29 is 9.53 Å². The Kier molecular flexibility index (Phi) is 3.36. The molecular formula is C14H19NO2. The molecule has 3 nitrogen and oxygen atoms in total. The van der Waals surface area contributed by atoms with Gasteiger partial charge in [0.25, 0.3) is 5.91 Å². The maximum absolute atomic E-state index is 11.7. The highest BCUT2D eigenvalue weighted by Crippen LogP contribution is 2.20. The summed E-state index contributed by atoms with van der Waals surface area (Å²) in [4.78, 5) is 11.7. The monoisotopic (exact) mass is 233 g/mol. The van der Waals surface area contributed by atoms with Crippen molar-refractivity contribution in [3.05, 3.63) is 29.3 Å². The zero-order chi connectivity index (χ0) is 12.4. The molecule has 17 heavy (non-hydrogen) atoms. The molecule has 0 unspecified atom stereocenters. The SMILES string of the molecule is Cc1ccc(O[C@@H](C)C(=O)NC2CC2)cc1C. The number of nitrogens with one attached hydrogen (secondary N) is 1. The number of aryl methyl sites for hydroxylation is 2. The van der Waals surface area contributed by atoms with Crippen LogP contribution in [0.5, 0.6) is 5.75 Å². The molecule has 1 fully saturated rings. The van der Waals surface area contributed by atoms with Crippen LogP contribution in [-0.4, -0.2) is 18.1 Å². The van der Waals surface area contributed by atoms with E-state index >= 15 is 0 Å². The zero-order valence-corrected chi connectivity index (χ0v) is 10.6. The second-order valence-corrected chi connectivity index (χ2v) is 4.79. The molecule has 1 aliphatic carbocycles. The lowest BCUT2D eigenvalue weighted by Crippen LogP contribution is -2.37. The molecule has 0 saturated heterocycles. The largest absolute Gasteiger partial charge is 0.481 e. The Morgan fingerprint density at radius 3 is 2.65 bits per heavy atom. The molecule has 0 aliphatic heterocycles. The number of ether oxygens (including phenoxy) is 1. The normalized spacial score (nSPS) is 16.4. The maximum atomic E-state index is 11.7.